The molecule has 6 saturated carbocycles. The Hall–Kier alpha value is -0.0800. The second kappa shape index (κ2) is 1.42. The van der Waals surface area contributed by atoms with E-state index in [4.69, 9.17) is 0 Å². The Kier molecular flexibility index (Phi) is 0.735. The van der Waals surface area contributed by atoms with Gasteiger partial charge in [0.25, 0.3) is 0 Å². The molecule has 0 aromatic rings. The van der Waals surface area contributed by atoms with Gasteiger partial charge in [-0.1, -0.05) is 0 Å². The summed E-state index contributed by atoms with van der Waals surface area (Å²) in [7, 11) is 0. The van der Waals surface area contributed by atoms with Gasteiger partial charge in [0, 0.05) is 0 Å². The van der Waals surface area contributed by atoms with Crippen molar-refractivity contribution >= 4 is 0 Å². The van der Waals surface area contributed by atoms with Crippen LogP contribution >= 0.6 is 0 Å². The molecule has 6 rings (SSSR count). The van der Waals surface area contributed by atoms with Crippen molar-refractivity contribution in [3.05, 3.63) is 0 Å². The van der Waals surface area contributed by atoms with Crippen LogP contribution in [0.2, 0.25) is 0 Å². The average molecular weight is 192 g/mol. The smallest absolute Gasteiger partial charge is 0.0688 e. The molecule has 2 heteroatoms. The third kappa shape index (κ3) is 0.348. The lowest BCUT2D eigenvalue weighted by Crippen LogP contribution is -2.62. The van der Waals surface area contributed by atoms with E-state index in [9.17, 15) is 10.2 Å². The minimum Gasteiger partial charge on any atom is -0.390 e. The van der Waals surface area contributed by atoms with E-state index in [0.717, 1.165) is 11.8 Å². The molecule has 14 heavy (non-hydrogen) atoms. The highest BCUT2D eigenvalue weighted by Gasteiger charge is 2.94. The van der Waals surface area contributed by atoms with Gasteiger partial charge in [-0.2, -0.15) is 0 Å². The van der Waals surface area contributed by atoms with E-state index in [1.165, 1.54) is 0 Å². The van der Waals surface area contributed by atoms with Crippen molar-refractivity contribution < 1.29 is 10.2 Å². The molecule has 0 radical (unpaired) electrons. The van der Waals surface area contributed by atoms with Crippen LogP contribution in [0.25, 0.3) is 0 Å². The summed E-state index contributed by atoms with van der Waals surface area (Å²) in [5.74, 6) is 4.95. The maximum atomic E-state index is 10.5. The van der Waals surface area contributed by atoms with E-state index in [1.54, 1.807) is 0 Å². The molecule has 0 aromatic carbocycles. The van der Waals surface area contributed by atoms with Gasteiger partial charge in [0.2, 0.25) is 0 Å². The van der Waals surface area contributed by atoms with E-state index in [1.807, 2.05) is 13.8 Å². The predicted octanol–water partition coefficient (Wildman–Crippen LogP) is 0.486. The van der Waals surface area contributed by atoms with Crippen molar-refractivity contribution in [2.24, 2.45) is 47.3 Å². The first kappa shape index (κ1) is 7.24. The van der Waals surface area contributed by atoms with E-state index >= 15 is 0 Å². The summed E-state index contributed by atoms with van der Waals surface area (Å²) in [5.41, 5.74) is -0.868. The van der Waals surface area contributed by atoms with Gasteiger partial charge in [0.15, 0.2) is 0 Å². The van der Waals surface area contributed by atoms with E-state index < -0.39 is 11.2 Å². The number of hydrogen-bond acceptors (Lipinski definition) is 2. The highest BCUT2D eigenvalue weighted by molar-refractivity contribution is 5.41. The monoisotopic (exact) mass is 192 g/mol. The van der Waals surface area contributed by atoms with Crippen LogP contribution in [-0.4, -0.2) is 21.4 Å². The fourth-order valence-corrected chi connectivity index (χ4v) is 7.09. The van der Waals surface area contributed by atoms with Crippen LogP contribution < -0.4 is 0 Å². The topological polar surface area (TPSA) is 40.5 Å². The van der Waals surface area contributed by atoms with E-state index in [0.29, 0.717) is 35.5 Å². The predicted molar refractivity (Wildman–Crippen MR) is 49.2 cm³/mol. The second-order valence-corrected chi connectivity index (χ2v) is 6.86. The number of rotatable bonds is 0. The number of hydrogen-bond donors (Lipinski definition) is 2. The first-order chi connectivity index (χ1) is 6.49. The van der Waals surface area contributed by atoms with Crippen molar-refractivity contribution in [1.82, 2.24) is 0 Å². The van der Waals surface area contributed by atoms with Crippen molar-refractivity contribution in [2.45, 2.75) is 25.0 Å². The van der Waals surface area contributed by atoms with E-state index in [-0.39, 0.29) is 0 Å². The summed E-state index contributed by atoms with van der Waals surface area (Å²) in [5, 5.41) is 21.0. The quantitative estimate of drug-likeness (QED) is 0.586. The zero-order valence-corrected chi connectivity index (χ0v) is 8.51. The molecule has 10 atom stereocenters. The Bertz CT molecular complexity index is 337. The molecule has 4 bridgehead atoms. The Balaban J connectivity index is 1.82. The molecule has 6 aliphatic rings. The maximum Gasteiger partial charge on any atom is 0.0688 e. The van der Waals surface area contributed by atoms with Gasteiger partial charge >= 0.3 is 0 Å². The molecular formula is C12H16O2. The van der Waals surface area contributed by atoms with Crippen LogP contribution in [0, 0.1) is 47.3 Å². The van der Waals surface area contributed by atoms with Crippen molar-refractivity contribution in [1.29, 1.82) is 0 Å². The summed E-state index contributed by atoms with van der Waals surface area (Å²) in [4.78, 5) is 0. The van der Waals surface area contributed by atoms with Gasteiger partial charge in [-0.05, 0) is 61.2 Å². The molecular weight excluding hydrogens is 176 g/mol. The third-order valence-corrected chi connectivity index (χ3v) is 6.91. The second-order valence-electron chi connectivity index (χ2n) is 6.86. The Morgan fingerprint density at radius 3 is 1.29 bits per heavy atom. The molecule has 0 aromatic heterocycles. The molecule has 0 spiro atoms. The molecule has 0 amide bonds. The Labute approximate surface area is 83.3 Å². The third-order valence-electron chi connectivity index (χ3n) is 6.91. The molecule has 0 aliphatic heterocycles. The van der Waals surface area contributed by atoms with Crippen LogP contribution in [0.5, 0.6) is 0 Å². The molecule has 2 N–H and O–H groups in total. The molecule has 2 nitrogen and oxygen atoms in total. The summed E-state index contributed by atoms with van der Waals surface area (Å²) in [6.07, 6.45) is 0. The standard InChI is InChI=1S/C12H16O2/c1-11(13)7-3-4-5(7)10-9(11)6(3)8(4)12(10,2)14/h3-10,13-14H,1-2H3/t3-,4-,5+,6+,7-,8+,9-,10+,11-,12+/m1/s1. The van der Waals surface area contributed by atoms with Gasteiger partial charge in [-0.3, -0.25) is 0 Å². The lowest BCUT2D eigenvalue weighted by molar-refractivity contribution is -0.186. The fraction of sp³-hybridized carbons (Fsp3) is 1.00. The lowest BCUT2D eigenvalue weighted by Gasteiger charge is -2.63. The lowest BCUT2D eigenvalue weighted by atomic mass is 9.40. The van der Waals surface area contributed by atoms with E-state index in [2.05, 4.69) is 0 Å². The van der Waals surface area contributed by atoms with Gasteiger partial charge in [-0.25, -0.2) is 0 Å². The largest absolute Gasteiger partial charge is 0.390 e. The van der Waals surface area contributed by atoms with Gasteiger partial charge in [-0.15, -0.1) is 0 Å². The molecule has 0 heterocycles. The van der Waals surface area contributed by atoms with Crippen LogP contribution in [0.3, 0.4) is 0 Å². The van der Waals surface area contributed by atoms with Crippen LogP contribution in [0.4, 0.5) is 0 Å². The first-order valence-corrected chi connectivity index (χ1v) is 5.94. The van der Waals surface area contributed by atoms with Crippen molar-refractivity contribution in [3.63, 3.8) is 0 Å². The van der Waals surface area contributed by atoms with Crippen molar-refractivity contribution in [2.75, 3.05) is 0 Å². The minimum absolute atomic E-state index is 0.434. The van der Waals surface area contributed by atoms with Gasteiger partial charge in [0.05, 0.1) is 11.2 Å². The number of aliphatic hydroxyl groups is 2. The summed E-state index contributed by atoms with van der Waals surface area (Å²) in [6, 6.07) is 0. The Morgan fingerprint density at radius 1 is 0.643 bits per heavy atom. The first-order valence-electron chi connectivity index (χ1n) is 5.94. The van der Waals surface area contributed by atoms with Gasteiger partial charge in [0.1, 0.15) is 0 Å². The molecule has 6 aliphatic carbocycles. The van der Waals surface area contributed by atoms with Crippen LogP contribution in [0.15, 0.2) is 0 Å². The van der Waals surface area contributed by atoms with Crippen LogP contribution in [0.1, 0.15) is 13.8 Å². The molecule has 0 unspecified atom stereocenters. The molecule has 76 valence electrons. The Morgan fingerprint density at radius 2 is 1.00 bits per heavy atom. The van der Waals surface area contributed by atoms with Crippen molar-refractivity contribution in [3.8, 4) is 0 Å². The zero-order valence-electron chi connectivity index (χ0n) is 8.51. The summed E-state index contributed by atoms with van der Waals surface area (Å²) < 4.78 is 0. The molecule has 6 fully saturated rings. The SMILES string of the molecule is C[C@]1(O)[C@H]2[C@@H]3[C@@H]4[C@@H]2[C@@H]2[C@@H]1[C@@H]3[C@@H]4[C@@]2(C)O. The fourth-order valence-electron chi connectivity index (χ4n) is 7.09. The highest BCUT2D eigenvalue weighted by Crippen LogP contribution is 2.92. The molecule has 0 saturated heterocycles. The highest BCUT2D eigenvalue weighted by atomic mass is 16.3. The average Bonchev–Trinajstić information content (AvgIpc) is 2.40. The minimum atomic E-state index is -0.434. The zero-order chi connectivity index (χ0) is 9.62. The summed E-state index contributed by atoms with van der Waals surface area (Å²) >= 11 is 0. The maximum absolute atomic E-state index is 10.5. The van der Waals surface area contributed by atoms with Crippen LogP contribution in [-0.2, 0) is 0 Å². The van der Waals surface area contributed by atoms with Gasteiger partial charge < -0.3 is 10.2 Å². The normalized spacial score (nSPS) is 90.0. The summed E-state index contributed by atoms with van der Waals surface area (Å²) in [6.45, 7) is 4.06.